The maximum absolute atomic E-state index is 2.58. The molecule has 0 aliphatic carbocycles. The van der Waals surface area contributed by atoms with Gasteiger partial charge in [0.1, 0.15) is 0 Å². The van der Waals surface area contributed by atoms with E-state index in [4.69, 9.17) is 0 Å². The predicted octanol–water partition coefficient (Wildman–Crippen LogP) is 9.37. The molecular weight excluding hydrogens is 422 g/mol. The molecule has 0 atom stereocenters. The summed E-state index contributed by atoms with van der Waals surface area (Å²) in [5.74, 6) is 0. The fourth-order valence-corrected chi connectivity index (χ4v) is 4.65. The molecule has 169 valence electrons. The third-order valence-electron chi connectivity index (χ3n) is 6.02. The summed E-state index contributed by atoms with van der Waals surface area (Å²) in [7, 11) is 0. The summed E-state index contributed by atoms with van der Waals surface area (Å²) in [4.78, 5) is 0. The van der Waals surface area contributed by atoms with Crippen molar-refractivity contribution >= 4 is 0 Å². The van der Waals surface area contributed by atoms with Crippen molar-refractivity contribution in [3.05, 3.63) is 0 Å². The average molecular weight is 477 g/mol. The summed E-state index contributed by atoms with van der Waals surface area (Å²) >= 11 is 2.25. The fraction of sp³-hybridized carbons (Fsp3) is 1.00. The van der Waals surface area contributed by atoms with Crippen LogP contribution in [-0.2, 0) is 20.1 Å². The van der Waals surface area contributed by atoms with Crippen LogP contribution in [0.25, 0.3) is 0 Å². The van der Waals surface area contributed by atoms with E-state index in [2.05, 4.69) is 37.4 Å². The summed E-state index contributed by atoms with van der Waals surface area (Å²) in [6.07, 6.45) is 31.9. The molecule has 0 aromatic heterocycles. The maximum atomic E-state index is 2.58. The molecule has 0 aliphatic rings. The molecule has 0 N–H and O–H groups in total. The van der Waals surface area contributed by atoms with Crippen LogP contribution < -0.4 is 0 Å². The van der Waals surface area contributed by atoms with E-state index in [1.165, 1.54) is 154 Å². The van der Waals surface area contributed by atoms with E-state index >= 15 is 0 Å². The van der Waals surface area contributed by atoms with Crippen LogP contribution in [0.3, 0.4) is 0 Å². The zero-order chi connectivity index (χ0) is 20.5. The van der Waals surface area contributed by atoms with Gasteiger partial charge in [-0.1, -0.05) is 26.7 Å². The monoisotopic (exact) mass is 478 g/mol. The smallest absolute Gasteiger partial charge is 0.0654 e. The molecule has 0 heterocycles. The molecule has 0 fully saturated rings. The number of unbranched alkanes of at least 4 members (excludes halogenated alkanes) is 20. The van der Waals surface area contributed by atoms with Gasteiger partial charge >= 0.3 is 165 Å². The van der Waals surface area contributed by atoms with Gasteiger partial charge in [0, 0.05) is 0 Å². The van der Waals surface area contributed by atoms with Gasteiger partial charge in [-0.2, -0.15) is 0 Å². The first-order chi connectivity index (χ1) is 13.8. The summed E-state index contributed by atoms with van der Waals surface area (Å²) in [6.45, 7) is 7.24. The Morgan fingerprint density at radius 3 is 0.821 bits per heavy atom. The van der Waals surface area contributed by atoms with Crippen LogP contribution >= 0.6 is 0 Å². The Morgan fingerprint density at radius 2 is 0.571 bits per heavy atom. The van der Waals surface area contributed by atoms with Crippen molar-refractivity contribution < 1.29 is 20.1 Å². The molecule has 0 unspecified atom stereocenters. The van der Waals surface area contributed by atoms with E-state index in [0.29, 0.717) is 0 Å². The molecule has 2 heteroatoms. The Bertz CT molecular complexity index is 243. The van der Waals surface area contributed by atoms with E-state index in [0.717, 1.165) is 0 Å². The zero-order valence-corrected chi connectivity index (χ0v) is 21.8. The molecule has 0 amide bonds. The van der Waals surface area contributed by atoms with Crippen molar-refractivity contribution in [2.75, 3.05) is 13.1 Å². The van der Waals surface area contributed by atoms with E-state index in [1.54, 1.807) is 0 Å². The summed E-state index contributed by atoms with van der Waals surface area (Å²) in [5, 5.41) is 0. The Kier molecular flexibility index (Phi) is 26.3. The van der Waals surface area contributed by atoms with Gasteiger partial charge in [-0.25, -0.2) is 0 Å². The molecule has 0 radical (unpaired) electrons. The minimum Gasteiger partial charge on any atom is -0.0654 e. The van der Waals surface area contributed by atoms with Gasteiger partial charge in [0.25, 0.3) is 0 Å². The van der Waals surface area contributed by atoms with Gasteiger partial charge in [0.05, 0.1) is 0 Å². The second kappa shape index (κ2) is 25.7. The molecule has 0 rings (SSSR count). The molecule has 1 nitrogen and oxygen atoms in total. The molecule has 0 aromatic carbocycles. The van der Waals surface area contributed by atoms with Crippen LogP contribution in [0.15, 0.2) is 0 Å². The van der Waals surface area contributed by atoms with Gasteiger partial charge in [0.15, 0.2) is 0 Å². The molecule has 28 heavy (non-hydrogen) atoms. The summed E-state index contributed by atoms with van der Waals surface area (Å²) in [6, 6.07) is 0. The van der Waals surface area contributed by atoms with Crippen LogP contribution in [0.4, 0.5) is 0 Å². The van der Waals surface area contributed by atoms with Crippen LogP contribution in [-0.4, -0.2) is 16.5 Å². The van der Waals surface area contributed by atoms with Crippen LogP contribution in [0.2, 0.25) is 0 Å². The number of hydrogen-bond donors (Lipinski definition) is 0. The Labute approximate surface area is 191 Å². The molecular formula is C26H54MoN. The molecule has 0 aliphatic heterocycles. The zero-order valence-electron chi connectivity index (χ0n) is 19.8. The first-order valence-corrected chi connectivity index (χ1v) is 14.1. The van der Waals surface area contributed by atoms with Crippen LogP contribution in [0.1, 0.15) is 155 Å². The van der Waals surface area contributed by atoms with Crippen LogP contribution in [0, 0.1) is 0 Å². The molecule has 0 aromatic rings. The van der Waals surface area contributed by atoms with Gasteiger partial charge in [-0.3, -0.25) is 0 Å². The number of rotatable bonds is 24. The van der Waals surface area contributed by atoms with Gasteiger partial charge in [-0.05, 0) is 0 Å². The third-order valence-corrected chi connectivity index (χ3v) is 6.92. The van der Waals surface area contributed by atoms with E-state index in [9.17, 15) is 0 Å². The first-order valence-electron chi connectivity index (χ1n) is 13.2. The fourth-order valence-electron chi connectivity index (χ4n) is 4.02. The van der Waals surface area contributed by atoms with Crippen molar-refractivity contribution in [3.8, 4) is 0 Å². The van der Waals surface area contributed by atoms with Gasteiger partial charge < -0.3 is 0 Å². The topological polar surface area (TPSA) is 3.24 Å². The second-order valence-corrected chi connectivity index (χ2v) is 10.3. The first kappa shape index (κ1) is 28.6. The van der Waals surface area contributed by atoms with E-state index in [1.807, 2.05) is 0 Å². The minimum atomic E-state index is 1.32. The molecule has 0 saturated carbocycles. The standard InChI is InChI=1S/C26H54N.Mo/c1-3-5-7-9-11-13-15-17-19-21-23-25-27-26-24-22-20-18-16-14-12-10-8-6-4-2;/h3-26H2,1-2H3;/q-1;+1. The van der Waals surface area contributed by atoms with Crippen molar-refractivity contribution in [1.82, 2.24) is 3.46 Å². The van der Waals surface area contributed by atoms with Crippen LogP contribution in [0.5, 0.6) is 0 Å². The van der Waals surface area contributed by atoms with Gasteiger partial charge in [-0.15, -0.1) is 0 Å². The molecule has 0 bridgehead atoms. The average Bonchev–Trinajstić information content (AvgIpc) is 2.70. The Morgan fingerprint density at radius 1 is 0.357 bits per heavy atom. The normalized spacial score (nSPS) is 11.5. The summed E-state index contributed by atoms with van der Waals surface area (Å²) in [5.41, 5.74) is 0. The minimum absolute atomic E-state index is 1.32. The Balaban J connectivity index is 3.12. The van der Waals surface area contributed by atoms with Crippen molar-refractivity contribution in [2.24, 2.45) is 0 Å². The third kappa shape index (κ3) is 24.7. The Hall–Kier alpha value is 0.648. The van der Waals surface area contributed by atoms with E-state index in [-0.39, 0.29) is 0 Å². The van der Waals surface area contributed by atoms with Gasteiger partial charge in [0.2, 0.25) is 0 Å². The molecule has 0 spiro atoms. The summed E-state index contributed by atoms with van der Waals surface area (Å²) < 4.78 is 2.58. The van der Waals surface area contributed by atoms with E-state index < -0.39 is 0 Å². The van der Waals surface area contributed by atoms with Crippen molar-refractivity contribution in [1.29, 1.82) is 0 Å². The quantitative estimate of drug-likeness (QED) is 0.0990. The number of hydrogen-bond acceptors (Lipinski definition) is 1. The predicted molar refractivity (Wildman–Crippen MR) is 124 cm³/mol. The second-order valence-electron chi connectivity index (χ2n) is 9.00. The van der Waals surface area contributed by atoms with Crippen molar-refractivity contribution in [2.45, 2.75) is 155 Å². The molecule has 0 saturated heterocycles. The number of nitrogens with zero attached hydrogens (tertiary/aromatic N) is 1. The SMILES string of the molecule is CCCCCCCCCCCCC[N]([Mo])CCCCCCCCCCCCC. The van der Waals surface area contributed by atoms with Crippen molar-refractivity contribution in [3.63, 3.8) is 0 Å².